The van der Waals surface area contributed by atoms with Crippen LogP contribution in [0.1, 0.15) is 30.1 Å². The summed E-state index contributed by atoms with van der Waals surface area (Å²) in [6, 6.07) is 3.95. The molecule has 6 heteroatoms. The number of ether oxygens (including phenoxy) is 1. The minimum Gasteiger partial charge on any atom is -0.495 e. The van der Waals surface area contributed by atoms with Gasteiger partial charge in [0.1, 0.15) is 5.75 Å². The van der Waals surface area contributed by atoms with Crippen LogP contribution in [0.25, 0.3) is 0 Å². The fraction of sp³-hybridized carbons (Fsp3) is 0.429. The maximum atomic E-state index is 11.8. The highest BCUT2D eigenvalue weighted by atomic mass is 16.5. The van der Waals surface area contributed by atoms with Gasteiger partial charge in [-0.25, -0.2) is 9.59 Å². The molecule has 0 unspecified atom stereocenters. The summed E-state index contributed by atoms with van der Waals surface area (Å²) < 4.78 is 5.10. The van der Waals surface area contributed by atoms with Crippen molar-refractivity contribution in [3.8, 4) is 5.75 Å². The Morgan fingerprint density at radius 2 is 2.10 bits per heavy atom. The van der Waals surface area contributed by atoms with Gasteiger partial charge < -0.3 is 20.5 Å². The molecule has 0 saturated heterocycles. The van der Waals surface area contributed by atoms with E-state index in [2.05, 4.69) is 17.6 Å². The van der Waals surface area contributed by atoms with Crippen molar-refractivity contribution < 1.29 is 19.4 Å². The number of carbonyl (C=O) groups excluding carboxylic acids is 1. The van der Waals surface area contributed by atoms with Crippen LogP contribution in [0.3, 0.4) is 0 Å². The van der Waals surface area contributed by atoms with E-state index in [-0.39, 0.29) is 17.0 Å². The predicted octanol–water partition coefficient (Wildman–Crippen LogP) is 2.32. The Kier molecular flexibility index (Phi) is 3.83. The lowest BCUT2D eigenvalue weighted by Gasteiger charge is -2.13. The molecule has 1 saturated carbocycles. The number of benzene rings is 1. The first-order valence-electron chi connectivity index (χ1n) is 6.40. The molecule has 2 rings (SSSR count). The molecule has 1 aromatic carbocycles. The maximum Gasteiger partial charge on any atom is 0.335 e. The second-order valence-corrected chi connectivity index (χ2v) is 5.34. The number of rotatable bonds is 5. The summed E-state index contributed by atoms with van der Waals surface area (Å²) in [6.07, 6.45) is 2.23. The van der Waals surface area contributed by atoms with E-state index in [1.807, 2.05) is 0 Å². The molecular weight excluding hydrogens is 260 g/mol. The molecule has 0 heterocycles. The van der Waals surface area contributed by atoms with Gasteiger partial charge in [0, 0.05) is 6.54 Å². The first kappa shape index (κ1) is 14.2. The zero-order valence-corrected chi connectivity index (χ0v) is 11.5. The Balaban J connectivity index is 2.04. The lowest BCUT2D eigenvalue weighted by Crippen LogP contribution is -2.33. The number of amides is 2. The topological polar surface area (TPSA) is 87.7 Å². The first-order chi connectivity index (χ1) is 9.43. The van der Waals surface area contributed by atoms with Crippen LogP contribution in [-0.2, 0) is 0 Å². The minimum atomic E-state index is -1.05. The van der Waals surface area contributed by atoms with E-state index in [1.54, 1.807) is 0 Å². The third-order valence-corrected chi connectivity index (χ3v) is 3.47. The zero-order valence-electron chi connectivity index (χ0n) is 11.5. The molecule has 0 radical (unpaired) electrons. The number of anilines is 1. The van der Waals surface area contributed by atoms with Crippen LogP contribution in [0.5, 0.6) is 5.75 Å². The molecule has 0 bridgehead atoms. The molecule has 0 atom stereocenters. The summed E-state index contributed by atoms with van der Waals surface area (Å²) in [5, 5.41) is 14.4. The maximum absolute atomic E-state index is 11.8. The first-order valence-corrected chi connectivity index (χ1v) is 6.40. The number of hydrogen-bond donors (Lipinski definition) is 3. The Morgan fingerprint density at radius 1 is 1.40 bits per heavy atom. The normalized spacial score (nSPS) is 15.3. The number of aromatic carboxylic acids is 1. The Labute approximate surface area is 117 Å². The molecule has 0 aromatic heterocycles. The highest BCUT2D eigenvalue weighted by Gasteiger charge is 2.37. The van der Waals surface area contributed by atoms with Gasteiger partial charge in [-0.1, -0.05) is 6.92 Å². The van der Waals surface area contributed by atoms with Crippen molar-refractivity contribution in [1.29, 1.82) is 0 Å². The van der Waals surface area contributed by atoms with Gasteiger partial charge in [-0.15, -0.1) is 0 Å². The van der Waals surface area contributed by atoms with E-state index in [9.17, 15) is 9.59 Å². The Bertz CT molecular complexity index is 538. The summed E-state index contributed by atoms with van der Waals surface area (Å²) >= 11 is 0. The van der Waals surface area contributed by atoms with E-state index in [1.165, 1.54) is 25.3 Å². The fourth-order valence-corrected chi connectivity index (χ4v) is 1.79. The van der Waals surface area contributed by atoms with Crippen molar-refractivity contribution in [3.63, 3.8) is 0 Å². The second-order valence-electron chi connectivity index (χ2n) is 5.34. The number of carboxylic acid groups (broad SMARTS) is 1. The molecule has 1 aliphatic carbocycles. The van der Waals surface area contributed by atoms with Crippen molar-refractivity contribution in [3.05, 3.63) is 23.8 Å². The third kappa shape index (κ3) is 3.40. The van der Waals surface area contributed by atoms with Gasteiger partial charge >= 0.3 is 12.0 Å². The quantitative estimate of drug-likeness (QED) is 0.771. The van der Waals surface area contributed by atoms with Gasteiger partial charge in [0.05, 0.1) is 18.4 Å². The molecule has 2 amide bonds. The van der Waals surface area contributed by atoms with Crippen LogP contribution < -0.4 is 15.4 Å². The highest BCUT2D eigenvalue weighted by molar-refractivity contribution is 5.94. The van der Waals surface area contributed by atoms with E-state index in [0.717, 1.165) is 12.8 Å². The number of carbonyl (C=O) groups is 2. The Hall–Kier alpha value is -2.24. The van der Waals surface area contributed by atoms with E-state index >= 15 is 0 Å². The van der Waals surface area contributed by atoms with E-state index < -0.39 is 5.97 Å². The standard InChI is InChI=1S/C14H18N2O4/c1-14(5-6-14)8-15-13(19)16-10-7-9(12(17)18)3-4-11(10)20-2/h3-4,7H,5-6,8H2,1-2H3,(H,17,18)(H2,15,16,19). The van der Waals surface area contributed by atoms with Crippen LogP contribution in [-0.4, -0.2) is 30.8 Å². The number of hydrogen-bond acceptors (Lipinski definition) is 3. The number of methoxy groups -OCH3 is 1. The predicted molar refractivity (Wildman–Crippen MR) is 74.3 cm³/mol. The van der Waals surface area contributed by atoms with Crippen molar-refractivity contribution in [1.82, 2.24) is 5.32 Å². The molecular formula is C14H18N2O4. The van der Waals surface area contributed by atoms with Crippen molar-refractivity contribution in [2.24, 2.45) is 5.41 Å². The molecule has 1 aromatic rings. The van der Waals surface area contributed by atoms with Gasteiger partial charge in [-0.2, -0.15) is 0 Å². The molecule has 6 nitrogen and oxygen atoms in total. The monoisotopic (exact) mass is 278 g/mol. The largest absolute Gasteiger partial charge is 0.495 e. The van der Waals surface area contributed by atoms with Crippen LogP contribution in [0.2, 0.25) is 0 Å². The van der Waals surface area contributed by atoms with Crippen LogP contribution in [0, 0.1) is 5.41 Å². The molecule has 0 aliphatic heterocycles. The number of carboxylic acids is 1. The molecule has 1 aliphatic rings. The van der Waals surface area contributed by atoms with Crippen molar-refractivity contribution >= 4 is 17.7 Å². The van der Waals surface area contributed by atoms with Crippen molar-refractivity contribution in [2.75, 3.05) is 19.0 Å². The highest BCUT2D eigenvalue weighted by Crippen LogP contribution is 2.44. The lowest BCUT2D eigenvalue weighted by atomic mass is 10.1. The molecule has 0 spiro atoms. The summed E-state index contributed by atoms with van der Waals surface area (Å²) in [6.45, 7) is 2.72. The van der Waals surface area contributed by atoms with Gasteiger partial charge in [0.15, 0.2) is 0 Å². The van der Waals surface area contributed by atoms with Gasteiger partial charge in [-0.05, 0) is 36.5 Å². The fourth-order valence-electron chi connectivity index (χ4n) is 1.79. The second kappa shape index (κ2) is 5.40. The van der Waals surface area contributed by atoms with E-state index in [4.69, 9.17) is 9.84 Å². The smallest absolute Gasteiger partial charge is 0.335 e. The Morgan fingerprint density at radius 3 is 2.65 bits per heavy atom. The molecule has 1 fully saturated rings. The lowest BCUT2D eigenvalue weighted by molar-refractivity contribution is 0.0697. The number of urea groups is 1. The summed E-state index contributed by atoms with van der Waals surface area (Å²) in [5.41, 5.74) is 0.644. The zero-order chi connectivity index (χ0) is 14.8. The van der Waals surface area contributed by atoms with Gasteiger partial charge in [0.25, 0.3) is 0 Å². The molecule has 3 N–H and O–H groups in total. The summed E-state index contributed by atoms with van der Waals surface area (Å²) in [7, 11) is 1.46. The minimum absolute atomic E-state index is 0.0928. The van der Waals surface area contributed by atoms with Gasteiger partial charge in [-0.3, -0.25) is 0 Å². The van der Waals surface area contributed by atoms with Crippen LogP contribution in [0.15, 0.2) is 18.2 Å². The molecule has 108 valence electrons. The van der Waals surface area contributed by atoms with Crippen molar-refractivity contribution in [2.45, 2.75) is 19.8 Å². The molecule has 20 heavy (non-hydrogen) atoms. The van der Waals surface area contributed by atoms with E-state index in [0.29, 0.717) is 18.0 Å². The van der Waals surface area contributed by atoms with Crippen LogP contribution >= 0.6 is 0 Å². The summed E-state index contributed by atoms with van der Waals surface area (Å²) in [5.74, 6) is -0.635. The third-order valence-electron chi connectivity index (χ3n) is 3.47. The van der Waals surface area contributed by atoms with Crippen LogP contribution in [0.4, 0.5) is 10.5 Å². The SMILES string of the molecule is COc1ccc(C(=O)O)cc1NC(=O)NCC1(C)CC1. The number of nitrogens with one attached hydrogen (secondary N) is 2. The summed E-state index contributed by atoms with van der Waals surface area (Å²) in [4.78, 5) is 22.7. The average Bonchev–Trinajstić information content (AvgIpc) is 3.15. The van der Waals surface area contributed by atoms with Gasteiger partial charge in [0.2, 0.25) is 0 Å². The average molecular weight is 278 g/mol.